The molecule has 0 radical (unpaired) electrons. The summed E-state index contributed by atoms with van der Waals surface area (Å²) < 4.78 is 0. The molecule has 0 aromatic rings. The third kappa shape index (κ3) is 5.89. The molecule has 0 heterocycles. The fourth-order valence-electron chi connectivity index (χ4n) is 1.74. The van der Waals surface area contributed by atoms with Gasteiger partial charge in [0.15, 0.2) is 0 Å². The Labute approximate surface area is 99.6 Å². The van der Waals surface area contributed by atoms with Crippen LogP contribution in [0, 0.1) is 5.92 Å². The maximum absolute atomic E-state index is 11.5. The first-order valence-corrected chi connectivity index (χ1v) is 6.57. The predicted molar refractivity (Wildman–Crippen MR) is 69.4 cm³/mol. The van der Waals surface area contributed by atoms with Crippen LogP contribution in [0.25, 0.3) is 0 Å². The lowest BCUT2D eigenvalue weighted by Gasteiger charge is -2.00. The topological polar surface area (TPSA) is 17.1 Å². The van der Waals surface area contributed by atoms with Gasteiger partial charge in [0.25, 0.3) is 0 Å². The van der Waals surface area contributed by atoms with Crippen molar-refractivity contribution in [1.29, 1.82) is 0 Å². The molecule has 0 unspecified atom stereocenters. The van der Waals surface area contributed by atoms with Crippen LogP contribution in [0.2, 0.25) is 0 Å². The van der Waals surface area contributed by atoms with Gasteiger partial charge < -0.3 is 0 Å². The molecule has 0 amide bonds. The molecule has 1 heteroatoms. The van der Waals surface area contributed by atoms with Crippen molar-refractivity contribution in [3.05, 3.63) is 23.8 Å². The molecule has 16 heavy (non-hydrogen) atoms. The molecule has 0 aromatic heterocycles. The van der Waals surface area contributed by atoms with Gasteiger partial charge in [0, 0.05) is 12.3 Å². The first kappa shape index (κ1) is 13.2. The molecule has 90 valence electrons. The lowest BCUT2D eigenvalue weighted by atomic mass is 10.1. The number of Topliss-reactive ketones (excluding diaryl/α,β-unsaturated/α-hetero) is 1. The highest BCUT2D eigenvalue weighted by Gasteiger charge is 2.28. The molecule has 1 aliphatic carbocycles. The van der Waals surface area contributed by atoms with Crippen molar-refractivity contribution in [2.45, 2.75) is 58.8 Å². The Kier molecular flexibility index (Phi) is 6.14. The van der Waals surface area contributed by atoms with Crippen LogP contribution in [-0.2, 0) is 4.79 Å². The Morgan fingerprint density at radius 2 is 1.94 bits per heavy atom. The van der Waals surface area contributed by atoms with E-state index in [1.165, 1.54) is 5.57 Å². The van der Waals surface area contributed by atoms with Crippen LogP contribution in [0.3, 0.4) is 0 Å². The van der Waals surface area contributed by atoms with Gasteiger partial charge in [-0.2, -0.15) is 0 Å². The summed E-state index contributed by atoms with van der Waals surface area (Å²) in [5.74, 6) is 0.916. The Hall–Kier alpha value is -0.850. The standard InChI is InChI=1S/C15H24O/c1-3-4-5-6-7-8-13(2)9-12-15(16)14-10-11-14/h4-5,8,14H,3,6-7,9-12H2,1-2H3. The summed E-state index contributed by atoms with van der Waals surface area (Å²) in [5.41, 5.74) is 1.37. The zero-order chi connectivity index (χ0) is 11.8. The van der Waals surface area contributed by atoms with Gasteiger partial charge in [-0.25, -0.2) is 0 Å². The normalized spacial score (nSPS) is 17.0. The Morgan fingerprint density at radius 1 is 1.19 bits per heavy atom. The summed E-state index contributed by atoms with van der Waals surface area (Å²) in [6.07, 6.45) is 14.1. The second-order valence-electron chi connectivity index (χ2n) is 4.75. The highest BCUT2D eigenvalue weighted by atomic mass is 16.1. The second-order valence-corrected chi connectivity index (χ2v) is 4.75. The Morgan fingerprint density at radius 3 is 2.56 bits per heavy atom. The Bertz CT molecular complexity index is 269. The van der Waals surface area contributed by atoms with Gasteiger partial charge in [0.2, 0.25) is 0 Å². The quantitative estimate of drug-likeness (QED) is 0.436. The third-order valence-corrected chi connectivity index (χ3v) is 3.03. The molecule has 0 saturated heterocycles. The zero-order valence-corrected chi connectivity index (χ0v) is 10.7. The highest BCUT2D eigenvalue weighted by molar-refractivity contribution is 5.83. The number of hydrogen-bond acceptors (Lipinski definition) is 1. The van der Waals surface area contributed by atoms with Crippen molar-refractivity contribution in [3.63, 3.8) is 0 Å². The van der Waals surface area contributed by atoms with E-state index in [9.17, 15) is 4.79 Å². The molecule has 0 atom stereocenters. The molecule has 1 saturated carbocycles. The molecule has 1 nitrogen and oxygen atoms in total. The zero-order valence-electron chi connectivity index (χ0n) is 10.7. The maximum Gasteiger partial charge on any atom is 0.136 e. The minimum absolute atomic E-state index is 0.431. The molecule has 1 aliphatic rings. The van der Waals surface area contributed by atoms with Crippen molar-refractivity contribution in [2.75, 3.05) is 0 Å². The lowest BCUT2D eigenvalue weighted by Crippen LogP contribution is -1.99. The average Bonchev–Trinajstić information content (AvgIpc) is 3.09. The average molecular weight is 220 g/mol. The van der Waals surface area contributed by atoms with Gasteiger partial charge >= 0.3 is 0 Å². The van der Waals surface area contributed by atoms with E-state index in [-0.39, 0.29) is 0 Å². The Balaban J connectivity index is 2.08. The molecule has 0 aliphatic heterocycles. The van der Waals surface area contributed by atoms with Crippen molar-refractivity contribution in [3.8, 4) is 0 Å². The van der Waals surface area contributed by atoms with E-state index < -0.39 is 0 Å². The number of allylic oxidation sites excluding steroid dienone is 4. The molecule has 1 rings (SSSR count). The van der Waals surface area contributed by atoms with Gasteiger partial charge in [-0.1, -0.05) is 30.7 Å². The molecule has 0 N–H and O–H groups in total. The summed E-state index contributed by atoms with van der Waals surface area (Å²) in [6, 6.07) is 0. The predicted octanol–water partition coefficient (Wildman–Crippen LogP) is 4.44. The molecule has 0 bridgehead atoms. The number of carbonyl (C=O) groups excluding carboxylic acids is 1. The van der Waals surface area contributed by atoms with E-state index >= 15 is 0 Å². The minimum Gasteiger partial charge on any atom is -0.299 e. The molecule has 1 fully saturated rings. The van der Waals surface area contributed by atoms with Crippen LogP contribution in [0.15, 0.2) is 23.8 Å². The monoisotopic (exact) mass is 220 g/mol. The SMILES string of the molecule is CCC=CCCC=C(C)CCC(=O)C1CC1. The lowest BCUT2D eigenvalue weighted by molar-refractivity contribution is -0.120. The van der Waals surface area contributed by atoms with Crippen molar-refractivity contribution in [1.82, 2.24) is 0 Å². The van der Waals surface area contributed by atoms with Gasteiger partial charge in [-0.05, 0) is 45.4 Å². The number of ketones is 1. The number of unbranched alkanes of at least 4 members (excludes halogenated alkanes) is 1. The minimum atomic E-state index is 0.431. The van der Waals surface area contributed by atoms with E-state index in [0.717, 1.165) is 44.9 Å². The van der Waals surface area contributed by atoms with Gasteiger partial charge in [0.05, 0.1) is 0 Å². The summed E-state index contributed by atoms with van der Waals surface area (Å²) in [7, 11) is 0. The van der Waals surface area contributed by atoms with E-state index in [1.54, 1.807) is 0 Å². The number of rotatable bonds is 8. The number of carbonyl (C=O) groups is 1. The maximum atomic E-state index is 11.5. The van der Waals surface area contributed by atoms with Gasteiger partial charge in [0.1, 0.15) is 5.78 Å². The van der Waals surface area contributed by atoms with E-state index in [4.69, 9.17) is 0 Å². The smallest absolute Gasteiger partial charge is 0.136 e. The summed E-state index contributed by atoms with van der Waals surface area (Å²) in [6.45, 7) is 4.30. The van der Waals surface area contributed by atoms with Crippen LogP contribution in [0.1, 0.15) is 58.8 Å². The van der Waals surface area contributed by atoms with Crippen LogP contribution in [0.4, 0.5) is 0 Å². The summed E-state index contributed by atoms with van der Waals surface area (Å²) >= 11 is 0. The van der Waals surface area contributed by atoms with Crippen LogP contribution >= 0.6 is 0 Å². The highest BCUT2D eigenvalue weighted by Crippen LogP contribution is 2.31. The fraction of sp³-hybridized carbons (Fsp3) is 0.667. The van der Waals surface area contributed by atoms with Crippen molar-refractivity contribution >= 4 is 5.78 Å². The molecular formula is C15H24O. The van der Waals surface area contributed by atoms with Gasteiger partial charge in [-0.15, -0.1) is 0 Å². The first-order valence-electron chi connectivity index (χ1n) is 6.57. The van der Waals surface area contributed by atoms with Crippen LogP contribution < -0.4 is 0 Å². The molecule has 0 aromatic carbocycles. The van der Waals surface area contributed by atoms with Gasteiger partial charge in [-0.3, -0.25) is 4.79 Å². The second kappa shape index (κ2) is 7.43. The van der Waals surface area contributed by atoms with Crippen LogP contribution in [0.5, 0.6) is 0 Å². The molecule has 0 spiro atoms. The van der Waals surface area contributed by atoms with E-state index in [0.29, 0.717) is 11.7 Å². The number of hydrogen-bond donors (Lipinski definition) is 0. The van der Waals surface area contributed by atoms with Crippen molar-refractivity contribution in [2.24, 2.45) is 5.92 Å². The molecular weight excluding hydrogens is 196 g/mol. The van der Waals surface area contributed by atoms with Crippen LogP contribution in [-0.4, -0.2) is 5.78 Å². The summed E-state index contributed by atoms with van der Waals surface area (Å²) in [4.78, 5) is 11.5. The largest absolute Gasteiger partial charge is 0.299 e. The van der Waals surface area contributed by atoms with E-state index in [2.05, 4.69) is 32.1 Å². The fourth-order valence-corrected chi connectivity index (χ4v) is 1.74. The van der Waals surface area contributed by atoms with E-state index in [1.807, 2.05) is 0 Å². The first-order chi connectivity index (χ1) is 7.74. The summed E-state index contributed by atoms with van der Waals surface area (Å²) in [5, 5.41) is 0. The van der Waals surface area contributed by atoms with Crippen molar-refractivity contribution < 1.29 is 4.79 Å². The third-order valence-electron chi connectivity index (χ3n) is 3.03.